The third kappa shape index (κ3) is 9.62. The van der Waals surface area contributed by atoms with Gasteiger partial charge in [0.05, 0.1) is 0 Å². The van der Waals surface area contributed by atoms with Gasteiger partial charge in [0.15, 0.2) is 0 Å². The van der Waals surface area contributed by atoms with Crippen LogP contribution in [0, 0.1) is 0 Å². The zero-order chi connectivity index (χ0) is 11.4. The molecule has 0 radical (unpaired) electrons. The molecule has 0 fully saturated rings. The maximum absolute atomic E-state index is 3.92. The molecule has 0 saturated heterocycles. The summed E-state index contributed by atoms with van der Waals surface area (Å²) in [7, 11) is 1.92. The van der Waals surface area contributed by atoms with Gasteiger partial charge in [-0.2, -0.15) is 11.8 Å². The van der Waals surface area contributed by atoms with Crippen molar-refractivity contribution < 1.29 is 0 Å². The molecule has 0 spiro atoms. The monoisotopic (exact) mass is 213 g/mol. The minimum Gasteiger partial charge on any atom is -0.316 e. The van der Waals surface area contributed by atoms with E-state index in [0.717, 1.165) is 17.9 Å². The average molecular weight is 213 g/mol. The number of rotatable bonds is 6. The Morgan fingerprint density at radius 1 is 1.43 bits per heavy atom. The van der Waals surface area contributed by atoms with Crippen molar-refractivity contribution in [3.8, 4) is 0 Å². The van der Waals surface area contributed by atoms with Gasteiger partial charge in [-0.25, -0.2) is 0 Å². The Morgan fingerprint density at radius 2 is 2.00 bits per heavy atom. The molecule has 0 bridgehead atoms. The highest BCUT2D eigenvalue weighted by molar-refractivity contribution is 7.98. The Balaban J connectivity index is 0. The minimum atomic E-state index is 0.839. The molecule has 0 saturated carbocycles. The van der Waals surface area contributed by atoms with Crippen molar-refractivity contribution in [3.63, 3.8) is 0 Å². The van der Waals surface area contributed by atoms with E-state index in [1.165, 1.54) is 5.57 Å². The van der Waals surface area contributed by atoms with Crippen molar-refractivity contribution in [3.05, 3.63) is 36.5 Å². The van der Waals surface area contributed by atoms with Crippen LogP contribution in [0.3, 0.4) is 0 Å². The van der Waals surface area contributed by atoms with Gasteiger partial charge in [0.1, 0.15) is 0 Å². The molecule has 0 aromatic heterocycles. The smallest absolute Gasteiger partial charge is 0.0196 e. The van der Waals surface area contributed by atoms with Crippen LogP contribution in [-0.4, -0.2) is 25.6 Å². The lowest BCUT2D eigenvalue weighted by Crippen LogP contribution is -2.08. The van der Waals surface area contributed by atoms with Crippen LogP contribution in [0.25, 0.3) is 0 Å². The summed E-state index contributed by atoms with van der Waals surface area (Å²) in [5.41, 5.74) is 2.34. The molecule has 0 unspecified atom stereocenters. The van der Waals surface area contributed by atoms with E-state index in [4.69, 9.17) is 0 Å². The number of likely N-dealkylation sites (N-methyl/N-ethyl adjacent to an activating group) is 1. The Hall–Kier alpha value is -0.470. The van der Waals surface area contributed by atoms with E-state index in [1.54, 1.807) is 11.8 Å². The molecule has 0 aliphatic heterocycles. The van der Waals surface area contributed by atoms with Gasteiger partial charge >= 0.3 is 0 Å². The first-order valence-electron chi connectivity index (χ1n) is 4.89. The number of allylic oxidation sites excluding steroid dienone is 1. The molecule has 0 aromatic rings. The second-order valence-electron chi connectivity index (χ2n) is 2.54. The fourth-order valence-corrected chi connectivity index (χ4v) is 1.40. The minimum absolute atomic E-state index is 0.839. The maximum atomic E-state index is 3.92. The molecule has 0 heterocycles. The van der Waals surface area contributed by atoms with Gasteiger partial charge in [0, 0.05) is 12.3 Å². The summed E-state index contributed by atoms with van der Waals surface area (Å²) < 4.78 is 0. The largest absolute Gasteiger partial charge is 0.316 e. The molecule has 82 valence electrons. The van der Waals surface area contributed by atoms with Crippen molar-refractivity contribution >= 4 is 11.8 Å². The summed E-state index contributed by atoms with van der Waals surface area (Å²) in [6.45, 7) is 12.5. The van der Waals surface area contributed by atoms with E-state index in [0.29, 0.717) is 0 Å². The summed E-state index contributed by atoms with van der Waals surface area (Å²) >= 11 is 1.79. The summed E-state index contributed by atoms with van der Waals surface area (Å²) in [4.78, 5) is 0. The van der Waals surface area contributed by atoms with Gasteiger partial charge in [-0.15, -0.1) is 0 Å². The van der Waals surface area contributed by atoms with Crippen LogP contribution in [0.15, 0.2) is 36.5 Å². The normalized spacial score (nSPS) is 10.1. The van der Waals surface area contributed by atoms with E-state index in [2.05, 4.69) is 30.8 Å². The van der Waals surface area contributed by atoms with E-state index < -0.39 is 0 Å². The standard InChI is InChI=1S/C10H17NS.C2H6/c1-5-10(8-12-4)6-9(2)7-11-3;1-2/h5-6,11H,1-2,7-8H2,3-4H3;1-2H3/b10-6+;. The van der Waals surface area contributed by atoms with Gasteiger partial charge in [0.2, 0.25) is 0 Å². The van der Waals surface area contributed by atoms with Crippen LogP contribution in [0.5, 0.6) is 0 Å². The molecule has 0 aliphatic rings. The number of thioether (sulfide) groups is 1. The zero-order valence-electron chi connectivity index (χ0n) is 9.89. The van der Waals surface area contributed by atoms with Crippen LogP contribution < -0.4 is 5.32 Å². The molecule has 14 heavy (non-hydrogen) atoms. The Morgan fingerprint density at radius 3 is 2.36 bits per heavy atom. The van der Waals surface area contributed by atoms with E-state index in [1.807, 2.05) is 27.0 Å². The fourth-order valence-electron chi connectivity index (χ4n) is 0.866. The molecule has 0 aliphatic carbocycles. The average Bonchev–Trinajstić information content (AvgIpc) is 2.20. The van der Waals surface area contributed by atoms with E-state index in [-0.39, 0.29) is 0 Å². The molecular formula is C12H23NS. The lowest BCUT2D eigenvalue weighted by molar-refractivity contribution is 0.897. The van der Waals surface area contributed by atoms with Crippen LogP contribution in [-0.2, 0) is 0 Å². The van der Waals surface area contributed by atoms with Gasteiger partial charge in [0.25, 0.3) is 0 Å². The third-order valence-electron chi connectivity index (χ3n) is 1.37. The molecule has 1 N–H and O–H groups in total. The maximum Gasteiger partial charge on any atom is 0.0196 e. The molecule has 0 rings (SSSR count). The molecule has 1 nitrogen and oxygen atoms in total. The van der Waals surface area contributed by atoms with Crippen molar-refractivity contribution in [1.29, 1.82) is 0 Å². The second-order valence-corrected chi connectivity index (χ2v) is 3.41. The second kappa shape index (κ2) is 12.5. The van der Waals surface area contributed by atoms with Crippen LogP contribution in [0.1, 0.15) is 13.8 Å². The van der Waals surface area contributed by atoms with Gasteiger partial charge in [-0.3, -0.25) is 0 Å². The molecule has 0 amide bonds. The molecule has 2 heteroatoms. The molecule has 0 aromatic carbocycles. The lowest BCUT2D eigenvalue weighted by atomic mass is 10.2. The number of nitrogens with one attached hydrogen (secondary N) is 1. The third-order valence-corrected chi connectivity index (χ3v) is 1.99. The highest BCUT2D eigenvalue weighted by Crippen LogP contribution is 2.07. The van der Waals surface area contributed by atoms with Crippen molar-refractivity contribution in [2.45, 2.75) is 13.8 Å². The zero-order valence-corrected chi connectivity index (χ0v) is 10.7. The van der Waals surface area contributed by atoms with E-state index >= 15 is 0 Å². The van der Waals surface area contributed by atoms with Gasteiger partial charge in [-0.1, -0.05) is 39.2 Å². The number of hydrogen-bond acceptors (Lipinski definition) is 2. The van der Waals surface area contributed by atoms with E-state index in [9.17, 15) is 0 Å². The predicted molar refractivity (Wildman–Crippen MR) is 71.1 cm³/mol. The molecule has 0 atom stereocenters. The van der Waals surface area contributed by atoms with Crippen molar-refractivity contribution in [2.24, 2.45) is 0 Å². The van der Waals surface area contributed by atoms with Crippen LogP contribution >= 0.6 is 11.8 Å². The SMILES string of the molecule is C=C/C(=C\C(=C)CNC)CSC.CC. The Bertz CT molecular complexity index is 183. The fraction of sp³-hybridized carbons (Fsp3) is 0.500. The topological polar surface area (TPSA) is 12.0 Å². The number of hydrogen-bond donors (Lipinski definition) is 1. The summed E-state index contributed by atoms with van der Waals surface area (Å²) in [6.07, 6.45) is 6.05. The summed E-state index contributed by atoms with van der Waals surface area (Å²) in [6, 6.07) is 0. The van der Waals surface area contributed by atoms with Crippen molar-refractivity contribution in [1.82, 2.24) is 5.32 Å². The first-order chi connectivity index (χ1) is 6.74. The van der Waals surface area contributed by atoms with Crippen LogP contribution in [0.4, 0.5) is 0 Å². The lowest BCUT2D eigenvalue weighted by Gasteiger charge is -2.01. The summed E-state index contributed by atoms with van der Waals surface area (Å²) in [5, 5.41) is 3.05. The predicted octanol–water partition coefficient (Wildman–Crippen LogP) is 3.26. The van der Waals surface area contributed by atoms with Crippen LogP contribution in [0.2, 0.25) is 0 Å². The van der Waals surface area contributed by atoms with Gasteiger partial charge < -0.3 is 5.32 Å². The van der Waals surface area contributed by atoms with Crippen molar-refractivity contribution in [2.75, 3.05) is 25.6 Å². The quantitative estimate of drug-likeness (QED) is 0.680. The Labute approximate surface area is 93.4 Å². The van der Waals surface area contributed by atoms with Gasteiger partial charge in [-0.05, 0) is 24.4 Å². The Kier molecular flexibility index (Phi) is 14.3. The highest BCUT2D eigenvalue weighted by Gasteiger charge is 1.91. The highest BCUT2D eigenvalue weighted by atomic mass is 32.2. The summed E-state index contributed by atoms with van der Waals surface area (Å²) in [5.74, 6) is 1.01. The molecular weight excluding hydrogens is 190 g/mol. The first kappa shape index (κ1) is 16.0. The first-order valence-corrected chi connectivity index (χ1v) is 6.28.